The topological polar surface area (TPSA) is 38.3 Å². The van der Waals surface area contributed by atoms with Crippen LogP contribution >= 0.6 is 11.6 Å². The molecule has 4 heteroatoms. The summed E-state index contributed by atoms with van der Waals surface area (Å²) in [6.45, 7) is 2.09. The Labute approximate surface area is 129 Å². The van der Waals surface area contributed by atoms with E-state index < -0.39 is 0 Å². The number of ether oxygens (including phenoxy) is 1. The number of nitrogens with one attached hydrogen (secondary N) is 1. The predicted molar refractivity (Wildman–Crippen MR) is 85.9 cm³/mol. The minimum absolute atomic E-state index is 0.105. The molecule has 1 unspecified atom stereocenters. The molecule has 1 atom stereocenters. The lowest BCUT2D eigenvalue weighted by atomic mass is 10.0. The molecule has 0 radical (unpaired) electrons. The van der Waals surface area contributed by atoms with Crippen LogP contribution in [0.25, 0.3) is 0 Å². The zero-order chi connectivity index (χ0) is 15.2. The standard InChI is InChI=1S/C17H18ClNO2/c1-3-15(12-7-5-4-6-8-12)19-16-11-13(18)9-10-14(16)17(20)21-2/h4-11,15,19H,3H2,1-2H3. The number of halogens is 1. The van der Waals surface area contributed by atoms with Crippen molar-refractivity contribution < 1.29 is 9.53 Å². The molecule has 0 saturated heterocycles. The second-order valence-electron chi connectivity index (χ2n) is 4.70. The summed E-state index contributed by atoms with van der Waals surface area (Å²) in [5.74, 6) is -0.378. The summed E-state index contributed by atoms with van der Waals surface area (Å²) in [7, 11) is 1.37. The van der Waals surface area contributed by atoms with Gasteiger partial charge in [-0.05, 0) is 30.2 Å². The van der Waals surface area contributed by atoms with Crippen LogP contribution < -0.4 is 5.32 Å². The van der Waals surface area contributed by atoms with Crippen LogP contribution in [-0.2, 0) is 4.74 Å². The highest BCUT2D eigenvalue weighted by molar-refractivity contribution is 6.31. The second kappa shape index (κ2) is 7.14. The zero-order valence-electron chi connectivity index (χ0n) is 12.1. The molecule has 0 aliphatic heterocycles. The minimum atomic E-state index is -0.378. The normalized spacial score (nSPS) is 11.8. The molecule has 2 rings (SSSR count). The van der Waals surface area contributed by atoms with Crippen LogP contribution in [0.2, 0.25) is 5.02 Å². The highest BCUT2D eigenvalue weighted by Crippen LogP contribution is 2.27. The summed E-state index contributed by atoms with van der Waals surface area (Å²) in [5.41, 5.74) is 2.33. The van der Waals surface area contributed by atoms with Crippen molar-refractivity contribution in [2.75, 3.05) is 12.4 Å². The number of anilines is 1. The number of methoxy groups -OCH3 is 1. The van der Waals surface area contributed by atoms with E-state index in [0.29, 0.717) is 16.3 Å². The van der Waals surface area contributed by atoms with Crippen LogP contribution in [0.4, 0.5) is 5.69 Å². The predicted octanol–water partition coefficient (Wildman–Crippen LogP) is 4.69. The highest BCUT2D eigenvalue weighted by Gasteiger charge is 2.16. The van der Waals surface area contributed by atoms with Gasteiger partial charge in [0.25, 0.3) is 0 Å². The summed E-state index contributed by atoms with van der Waals surface area (Å²) in [5, 5.41) is 3.96. The first-order chi connectivity index (χ1) is 10.2. The van der Waals surface area contributed by atoms with Crippen molar-refractivity contribution in [1.29, 1.82) is 0 Å². The molecule has 1 N–H and O–H groups in total. The van der Waals surface area contributed by atoms with Crippen LogP contribution in [0.15, 0.2) is 48.5 Å². The zero-order valence-corrected chi connectivity index (χ0v) is 12.9. The van der Waals surface area contributed by atoms with Crippen molar-refractivity contribution in [3.05, 3.63) is 64.7 Å². The Kier molecular flexibility index (Phi) is 5.23. The Bertz CT molecular complexity index is 613. The van der Waals surface area contributed by atoms with E-state index in [0.717, 1.165) is 12.0 Å². The minimum Gasteiger partial charge on any atom is -0.465 e. The average Bonchev–Trinajstić information content (AvgIpc) is 2.53. The second-order valence-corrected chi connectivity index (χ2v) is 5.13. The monoisotopic (exact) mass is 303 g/mol. The van der Waals surface area contributed by atoms with Crippen molar-refractivity contribution in [2.45, 2.75) is 19.4 Å². The smallest absolute Gasteiger partial charge is 0.339 e. The van der Waals surface area contributed by atoms with Gasteiger partial charge >= 0.3 is 5.97 Å². The Morgan fingerprint density at radius 1 is 1.24 bits per heavy atom. The molecule has 2 aromatic carbocycles. The number of hydrogen-bond donors (Lipinski definition) is 1. The van der Waals surface area contributed by atoms with Gasteiger partial charge in [0.1, 0.15) is 0 Å². The fourth-order valence-corrected chi connectivity index (χ4v) is 2.39. The Balaban J connectivity index is 2.33. The van der Waals surface area contributed by atoms with E-state index in [4.69, 9.17) is 16.3 Å². The Morgan fingerprint density at radius 3 is 2.57 bits per heavy atom. The van der Waals surface area contributed by atoms with Gasteiger partial charge in [-0.2, -0.15) is 0 Å². The molecule has 0 amide bonds. The summed E-state index contributed by atoms with van der Waals surface area (Å²) >= 11 is 6.05. The van der Waals surface area contributed by atoms with Crippen LogP contribution in [0, 0.1) is 0 Å². The van der Waals surface area contributed by atoms with E-state index in [1.807, 2.05) is 18.2 Å². The van der Waals surface area contributed by atoms with E-state index >= 15 is 0 Å². The van der Waals surface area contributed by atoms with Gasteiger partial charge in [0, 0.05) is 5.02 Å². The molecular formula is C17H18ClNO2. The van der Waals surface area contributed by atoms with E-state index in [9.17, 15) is 4.79 Å². The molecule has 0 spiro atoms. The quantitative estimate of drug-likeness (QED) is 0.814. The SMILES string of the molecule is CCC(Nc1cc(Cl)ccc1C(=O)OC)c1ccccc1. The van der Waals surface area contributed by atoms with E-state index in [-0.39, 0.29) is 12.0 Å². The first-order valence-electron chi connectivity index (χ1n) is 6.85. The van der Waals surface area contributed by atoms with Gasteiger partial charge in [0.05, 0.1) is 24.4 Å². The number of rotatable bonds is 5. The third-order valence-corrected chi connectivity index (χ3v) is 3.56. The van der Waals surface area contributed by atoms with Gasteiger partial charge in [-0.25, -0.2) is 4.79 Å². The van der Waals surface area contributed by atoms with Crippen molar-refractivity contribution >= 4 is 23.3 Å². The van der Waals surface area contributed by atoms with Gasteiger partial charge in [0.15, 0.2) is 0 Å². The number of esters is 1. The van der Waals surface area contributed by atoms with Crippen LogP contribution in [0.1, 0.15) is 35.3 Å². The number of carbonyl (C=O) groups excluding carboxylic acids is 1. The molecule has 0 saturated carbocycles. The number of benzene rings is 2. The first-order valence-corrected chi connectivity index (χ1v) is 7.22. The molecule has 3 nitrogen and oxygen atoms in total. The fourth-order valence-electron chi connectivity index (χ4n) is 2.22. The lowest BCUT2D eigenvalue weighted by Gasteiger charge is -2.20. The van der Waals surface area contributed by atoms with Crippen molar-refractivity contribution in [3.63, 3.8) is 0 Å². The summed E-state index contributed by atoms with van der Waals surface area (Å²) in [4.78, 5) is 11.8. The van der Waals surface area contributed by atoms with Gasteiger partial charge in [0.2, 0.25) is 0 Å². The van der Waals surface area contributed by atoms with Crippen molar-refractivity contribution in [3.8, 4) is 0 Å². The first kappa shape index (κ1) is 15.4. The van der Waals surface area contributed by atoms with Gasteiger partial charge in [-0.3, -0.25) is 0 Å². The molecule has 0 aromatic heterocycles. The summed E-state index contributed by atoms with van der Waals surface area (Å²) < 4.78 is 4.82. The summed E-state index contributed by atoms with van der Waals surface area (Å²) in [6, 6.07) is 15.3. The van der Waals surface area contributed by atoms with Crippen molar-refractivity contribution in [2.24, 2.45) is 0 Å². The molecule has 21 heavy (non-hydrogen) atoms. The van der Waals surface area contributed by atoms with Crippen LogP contribution in [0.5, 0.6) is 0 Å². The molecular weight excluding hydrogens is 286 g/mol. The molecule has 0 aliphatic rings. The van der Waals surface area contributed by atoms with Crippen LogP contribution in [0.3, 0.4) is 0 Å². The molecule has 110 valence electrons. The van der Waals surface area contributed by atoms with E-state index in [1.165, 1.54) is 7.11 Å². The van der Waals surface area contributed by atoms with Crippen LogP contribution in [-0.4, -0.2) is 13.1 Å². The van der Waals surface area contributed by atoms with Gasteiger partial charge in [-0.1, -0.05) is 48.9 Å². The molecule has 0 aliphatic carbocycles. The fraction of sp³-hybridized carbons (Fsp3) is 0.235. The number of carbonyl (C=O) groups is 1. The van der Waals surface area contributed by atoms with E-state index in [1.54, 1.807) is 18.2 Å². The Hall–Kier alpha value is -2.00. The molecule has 2 aromatic rings. The molecule has 0 bridgehead atoms. The Morgan fingerprint density at radius 2 is 1.95 bits per heavy atom. The number of hydrogen-bond acceptors (Lipinski definition) is 3. The summed E-state index contributed by atoms with van der Waals surface area (Å²) in [6.07, 6.45) is 0.886. The lowest BCUT2D eigenvalue weighted by Crippen LogP contribution is -2.13. The highest BCUT2D eigenvalue weighted by atomic mass is 35.5. The van der Waals surface area contributed by atoms with Gasteiger partial charge in [-0.15, -0.1) is 0 Å². The maximum Gasteiger partial charge on any atom is 0.339 e. The molecule has 0 fully saturated rings. The van der Waals surface area contributed by atoms with Gasteiger partial charge < -0.3 is 10.1 Å². The largest absolute Gasteiger partial charge is 0.465 e. The average molecular weight is 304 g/mol. The lowest BCUT2D eigenvalue weighted by molar-refractivity contribution is 0.0602. The third kappa shape index (κ3) is 3.76. The van der Waals surface area contributed by atoms with E-state index in [2.05, 4.69) is 24.4 Å². The van der Waals surface area contributed by atoms with Crippen molar-refractivity contribution in [1.82, 2.24) is 0 Å². The maximum absolute atomic E-state index is 11.8. The molecule has 0 heterocycles. The third-order valence-electron chi connectivity index (χ3n) is 3.33. The maximum atomic E-state index is 11.8.